The molecular weight excluding hydrogens is 358 g/mol. The summed E-state index contributed by atoms with van der Waals surface area (Å²) in [6, 6.07) is 6.73. The number of aromatic nitrogens is 1. The monoisotopic (exact) mass is 389 g/mol. The van der Waals surface area contributed by atoms with Crippen LogP contribution in [0.25, 0.3) is 16.5 Å². The van der Waals surface area contributed by atoms with Gasteiger partial charge in [0.1, 0.15) is 0 Å². The first-order valence-corrected chi connectivity index (χ1v) is 11.2. The van der Waals surface area contributed by atoms with Crippen LogP contribution in [0.15, 0.2) is 30.5 Å². The normalized spacial score (nSPS) is 15.3. The maximum Gasteiger partial charge on any atom is 0.278 e. The van der Waals surface area contributed by atoms with Gasteiger partial charge >= 0.3 is 0 Å². The van der Waals surface area contributed by atoms with Crippen LogP contribution < -0.4 is 4.72 Å². The maximum absolute atomic E-state index is 11.9. The number of benzene rings is 1. The molecule has 0 bridgehead atoms. The summed E-state index contributed by atoms with van der Waals surface area (Å²) < 4.78 is 30.1. The van der Waals surface area contributed by atoms with E-state index in [-0.39, 0.29) is 0 Å². The molecule has 1 aliphatic rings. The van der Waals surface area contributed by atoms with Gasteiger partial charge in [0.15, 0.2) is 0 Å². The summed E-state index contributed by atoms with van der Waals surface area (Å²) in [7, 11) is -0.307. The van der Waals surface area contributed by atoms with Crippen LogP contribution in [0.1, 0.15) is 44.2 Å². The summed E-state index contributed by atoms with van der Waals surface area (Å²) in [6.07, 6.45) is 8.82. The van der Waals surface area contributed by atoms with Gasteiger partial charge < -0.3 is 4.57 Å². The Hall–Kier alpha value is -1.63. The Bertz CT molecular complexity index is 940. The highest BCUT2D eigenvalue weighted by atomic mass is 32.2. The number of hydrogen-bond acceptors (Lipinski definition) is 2. The van der Waals surface area contributed by atoms with Crippen LogP contribution in [0.2, 0.25) is 0 Å². The van der Waals surface area contributed by atoms with Gasteiger partial charge in [-0.1, -0.05) is 32.1 Å². The average Bonchev–Trinajstić information content (AvgIpc) is 3.23. The van der Waals surface area contributed by atoms with Gasteiger partial charge in [-0.25, -0.2) is 4.72 Å². The van der Waals surface area contributed by atoms with Crippen LogP contribution in [-0.4, -0.2) is 37.9 Å². The molecule has 0 aliphatic heterocycles. The van der Waals surface area contributed by atoms with E-state index in [1.54, 1.807) is 0 Å². The van der Waals surface area contributed by atoms with E-state index in [0.717, 1.165) is 13.0 Å². The lowest BCUT2D eigenvalue weighted by Gasteiger charge is -2.11. The van der Waals surface area contributed by atoms with E-state index in [1.807, 2.05) is 0 Å². The van der Waals surface area contributed by atoms with Crippen LogP contribution in [-0.2, 0) is 23.2 Å². The number of nitrogens with one attached hydrogen (secondary N) is 1. The molecule has 0 saturated carbocycles. The predicted octanol–water partition coefficient (Wildman–Crippen LogP) is 3.80. The molecule has 2 aromatic rings. The second kappa shape index (κ2) is 8.17. The molecular formula is C21H31N3O2S. The van der Waals surface area contributed by atoms with E-state index in [9.17, 15) is 8.42 Å². The summed E-state index contributed by atoms with van der Waals surface area (Å²) in [4.78, 5) is 0. The van der Waals surface area contributed by atoms with Crippen LogP contribution in [0.4, 0.5) is 0 Å². The zero-order valence-electron chi connectivity index (χ0n) is 16.8. The molecule has 1 heterocycles. The molecule has 0 fully saturated rings. The van der Waals surface area contributed by atoms with Crippen LogP contribution in [0.5, 0.6) is 0 Å². The second-order valence-electron chi connectivity index (χ2n) is 7.99. The van der Waals surface area contributed by atoms with Crippen molar-refractivity contribution in [1.82, 2.24) is 13.6 Å². The van der Waals surface area contributed by atoms with Crippen LogP contribution >= 0.6 is 0 Å². The third-order valence-corrected chi connectivity index (χ3v) is 6.63. The number of nitrogens with zero attached hydrogens (tertiary/aromatic N) is 2. The molecule has 0 unspecified atom stereocenters. The molecule has 1 aliphatic carbocycles. The number of allylic oxidation sites excluding steroid dienone is 2. The van der Waals surface area contributed by atoms with Gasteiger partial charge in [0, 0.05) is 44.3 Å². The number of fused-ring (bicyclic) bond motifs is 1. The minimum atomic E-state index is -3.38. The van der Waals surface area contributed by atoms with Gasteiger partial charge in [-0.2, -0.15) is 12.7 Å². The fraction of sp³-hybridized carbons (Fsp3) is 0.524. The Morgan fingerprint density at radius 3 is 2.67 bits per heavy atom. The molecule has 5 nitrogen and oxygen atoms in total. The van der Waals surface area contributed by atoms with Crippen molar-refractivity contribution in [3.63, 3.8) is 0 Å². The molecule has 0 amide bonds. The highest BCUT2D eigenvalue weighted by Crippen LogP contribution is 2.31. The van der Waals surface area contributed by atoms with Crippen molar-refractivity contribution in [1.29, 1.82) is 0 Å². The lowest BCUT2D eigenvalue weighted by Crippen LogP contribution is -2.36. The van der Waals surface area contributed by atoms with E-state index in [4.69, 9.17) is 0 Å². The fourth-order valence-electron chi connectivity index (χ4n) is 3.69. The highest BCUT2D eigenvalue weighted by Gasteiger charge is 2.15. The largest absolute Gasteiger partial charge is 0.347 e. The summed E-state index contributed by atoms with van der Waals surface area (Å²) in [5, 5.41) is 1.22. The Kier molecular flexibility index (Phi) is 6.08. The topological polar surface area (TPSA) is 54.3 Å². The first kappa shape index (κ1) is 20.1. The van der Waals surface area contributed by atoms with E-state index in [1.165, 1.54) is 58.8 Å². The molecule has 6 heteroatoms. The van der Waals surface area contributed by atoms with Crippen molar-refractivity contribution in [3.8, 4) is 0 Å². The quantitative estimate of drug-likeness (QED) is 0.746. The lowest BCUT2D eigenvalue weighted by atomic mass is 10.0. The zero-order chi connectivity index (χ0) is 19.6. The number of rotatable bonds is 8. The molecule has 1 aromatic heterocycles. The molecule has 1 aromatic carbocycles. The Morgan fingerprint density at radius 2 is 2.04 bits per heavy atom. The van der Waals surface area contributed by atoms with Crippen LogP contribution in [0, 0.1) is 5.92 Å². The predicted molar refractivity (Wildman–Crippen MR) is 113 cm³/mol. The van der Waals surface area contributed by atoms with E-state index < -0.39 is 10.2 Å². The summed E-state index contributed by atoms with van der Waals surface area (Å²) in [5.41, 5.74) is 5.22. The fourth-order valence-corrected chi connectivity index (χ4v) is 4.31. The van der Waals surface area contributed by atoms with E-state index in [2.05, 4.69) is 53.6 Å². The Balaban J connectivity index is 1.88. The second-order valence-corrected chi connectivity index (χ2v) is 9.95. The first-order chi connectivity index (χ1) is 12.8. The molecule has 0 radical (unpaired) electrons. The van der Waals surface area contributed by atoms with Gasteiger partial charge in [-0.05, 0) is 54.4 Å². The van der Waals surface area contributed by atoms with Crippen molar-refractivity contribution in [2.24, 2.45) is 5.92 Å². The third kappa shape index (κ3) is 4.62. The molecule has 3 rings (SSSR count). The molecule has 0 saturated heterocycles. The van der Waals surface area contributed by atoms with Gasteiger partial charge in [-0.15, -0.1) is 0 Å². The zero-order valence-corrected chi connectivity index (χ0v) is 17.6. The molecule has 148 valence electrons. The third-order valence-electron chi connectivity index (χ3n) is 5.10. The maximum atomic E-state index is 11.9. The van der Waals surface area contributed by atoms with E-state index >= 15 is 0 Å². The minimum Gasteiger partial charge on any atom is -0.347 e. The summed E-state index contributed by atoms with van der Waals surface area (Å²) in [5.74, 6) is 0.551. The lowest BCUT2D eigenvalue weighted by molar-refractivity contribution is 0.506. The van der Waals surface area contributed by atoms with Crippen molar-refractivity contribution in [2.45, 2.75) is 46.1 Å². The van der Waals surface area contributed by atoms with Crippen molar-refractivity contribution in [2.75, 3.05) is 20.6 Å². The summed E-state index contributed by atoms with van der Waals surface area (Å²) >= 11 is 0. The molecule has 0 atom stereocenters. The van der Waals surface area contributed by atoms with Gasteiger partial charge in [0.05, 0.1) is 0 Å². The Labute approximate surface area is 163 Å². The van der Waals surface area contributed by atoms with Gasteiger partial charge in [0.25, 0.3) is 10.2 Å². The SMILES string of the molecule is CC(C)Cn1cc(CCNS(=O)(=O)N(C)C)c2ccc(C3=CCCC3)cc21. The number of hydrogen-bond donors (Lipinski definition) is 1. The van der Waals surface area contributed by atoms with Crippen LogP contribution in [0.3, 0.4) is 0 Å². The van der Waals surface area contributed by atoms with Gasteiger partial charge in [-0.3, -0.25) is 0 Å². The summed E-state index contributed by atoms with van der Waals surface area (Å²) in [6.45, 7) is 5.80. The minimum absolute atomic E-state index is 0.397. The standard InChI is InChI=1S/C21H31N3O2S/c1-16(2)14-24-15-19(11-12-22-27(25,26)23(3)4)20-10-9-18(13-21(20)24)17-7-5-6-8-17/h7,9-10,13,15-16,22H,5-6,8,11-12,14H2,1-4H3. The van der Waals surface area contributed by atoms with Crippen molar-refractivity contribution in [3.05, 3.63) is 41.6 Å². The average molecular weight is 390 g/mol. The molecule has 1 N–H and O–H groups in total. The smallest absolute Gasteiger partial charge is 0.278 e. The van der Waals surface area contributed by atoms with Gasteiger partial charge in [0.2, 0.25) is 0 Å². The highest BCUT2D eigenvalue weighted by molar-refractivity contribution is 7.87. The molecule has 27 heavy (non-hydrogen) atoms. The van der Waals surface area contributed by atoms with E-state index in [0.29, 0.717) is 18.9 Å². The van der Waals surface area contributed by atoms with Crippen molar-refractivity contribution >= 4 is 26.7 Å². The van der Waals surface area contributed by atoms with Crippen molar-refractivity contribution < 1.29 is 8.42 Å². The first-order valence-electron chi connectivity index (χ1n) is 9.76. The molecule has 0 spiro atoms. The Morgan fingerprint density at radius 1 is 1.26 bits per heavy atom.